The van der Waals surface area contributed by atoms with E-state index in [0.29, 0.717) is 23.8 Å². The van der Waals surface area contributed by atoms with Crippen molar-refractivity contribution in [3.8, 4) is 0 Å². The minimum atomic E-state index is -3.45. The molecular weight excluding hydrogens is 280 g/mol. The van der Waals surface area contributed by atoms with Gasteiger partial charge in [0.05, 0.1) is 12.3 Å². The number of benzene rings is 1. The molecule has 1 aromatic carbocycles. The fourth-order valence-electron chi connectivity index (χ4n) is 1.63. The molecule has 0 radical (unpaired) electrons. The molecule has 1 aromatic heterocycles. The second kappa shape index (κ2) is 6.12. The van der Waals surface area contributed by atoms with Gasteiger partial charge in [-0.05, 0) is 11.1 Å². The van der Waals surface area contributed by atoms with Gasteiger partial charge in [-0.1, -0.05) is 29.4 Å². The van der Waals surface area contributed by atoms with Crippen LogP contribution in [0.5, 0.6) is 0 Å². The molecule has 8 heteroatoms. The zero-order valence-corrected chi connectivity index (χ0v) is 11.9. The largest absolute Gasteiger partial charge is 0.340 e. The van der Waals surface area contributed by atoms with Crippen LogP contribution >= 0.6 is 0 Å². The predicted molar refractivity (Wildman–Crippen MR) is 72.8 cm³/mol. The fourth-order valence-corrected chi connectivity index (χ4v) is 2.71. The Kier molecular flexibility index (Phi) is 4.48. The van der Waals surface area contributed by atoms with Gasteiger partial charge < -0.3 is 10.3 Å². The number of nitrogens with two attached hydrogens (primary N) is 1. The Bertz CT molecular complexity index is 664. The number of nitrogens with zero attached hydrogens (tertiary/aromatic N) is 2. The van der Waals surface area contributed by atoms with Gasteiger partial charge in [0.15, 0.2) is 5.82 Å². The number of hydrogen-bond donors (Lipinski definition) is 2. The van der Waals surface area contributed by atoms with Crippen LogP contribution < -0.4 is 10.5 Å². The Morgan fingerprint density at radius 3 is 2.45 bits per heavy atom. The molecule has 2 aromatic rings. The summed E-state index contributed by atoms with van der Waals surface area (Å²) in [6.45, 7) is 2.09. The molecule has 0 unspecified atom stereocenters. The van der Waals surface area contributed by atoms with Crippen LogP contribution in [0.1, 0.15) is 22.8 Å². The lowest BCUT2D eigenvalue weighted by Gasteiger charge is -2.05. The number of aryl methyl sites for hydroxylation is 1. The van der Waals surface area contributed by atoms with Gasteiger partial charge in [0, 0.05) is 13.5 Å². The van der Waals surface area contributed by atoms with E-state index in [0.717, 1.165) is 5.56 Å². The summed E-state index contributed by atoms with van der Waals surface area (Å²) in [4.78, 5) is 3.92. The smallest absolute Gasteiger partial charge is 0.223 e. The van der Waals surface area contributed by atoms with Crippen LogP contribution in [-0.4, -0.2) is 18.6 Å². The van der Waals surface area contributed by atoms with Crippen molar-refractivity contribution >= 4 is 10.0 Å². The van der Waals surface area contributed by atoms with Crippen LogP contribution in [0.15, 0.2) is 28.8 Å². The van der Waals surface area contributed by atoms with E-state index in [1.54, 1.807) is 19.1 Å². The van der Waals surface area contributed by atoms with Crippen molar-refractivity contribution in [3.05, 3.63) is 47.1 Å². The summed E-state index contributed by atoms with van der Waals surface area (Å²) in [5, 5.41) is 3.62. The van der Waals surface area contributed by atoms with Gasteiger partial charge >= 0.3 is 0 Å². The number of nitrogens with one attached hydrogen (secondary N) is 1. The van der Waals surface area contributed by atoms with Crippen molar-refractivity contribution in [2.75, 3.05) is 0 Å². The fraction of sp³-hybridized carbons (Fsp3) is 0.333. The second-order valence-corrected chi connectivity index (χ2v) is 6.14. The van der Waals surface area contributed by atoms with E-state index in [2.05, 4.69) is 14.9 Å². The minimum absolute atomic E-state index is 0.0144. The second-order valence-electron chi connectivity index (χ2n) is 4.33. The Balaban J connectivity index is 1.96. The van der Waals surface area contributed by atoms with E-state index in [9.17, 15) is 8.42 Å². The van der Waals surface area contributed by atoms with Crippen molar-refractivity contribution < 1.29 is 12.9 Å². The molecule has 0 aliphatic rings. The topological polar surface area (TPSA) is 111 Å². The highest BCUT2D eigenvalue weighted by atomic mass is 32.2. The van der Waals surface area contributed by atoms with Crippen LogP contribution in [-0.2, 0) is 28.9 Å². The standard InChI is InChI=1S/C12H16N4O3S/c1-9-15-12(16-19-9)7-14-20(17,18)8-11-4-2-10(6-13)3-5-11/h2-5,14H,6-8,13H2,1H3. The molecule has 0 amide bonds. The molecule has 0 aliphatic carbocycles. The first-order chi connectivity index (χ1) is 9.48. The number of sulfonamides is 1. The highest BCUT2D eigenvalue weighted by Crippen LogP contribution is 2.08. The Labute approximate surface area is 117 Å². The van der Waals surface area contributed by atoms with Gasteiger partial charge in [-0.3, -0.25) is 0 Å². The molecule has 3 N–H and O–H groups in total. The first kappa shape index (κ1) is 14.6. The van der Waals surface area contributed by atoms with Gasteiger partial charge in [-0.2, -0.15) is 4.98 Å². The third-order valence-electron chi connectivity index (χ3n) is 2.64. The first-order valence-corrected chi connectivity index (χ1v) is 7.68. The lowest BCUT2D eigenvalue weighted by Crippen LogP contribution is -2.25. The summed E-state index contributed by atoms with van der Waals surface area (Å²) in [7, 11) is -3.45. The van der Waals surface area contributed by atoms with Crippen LogP contribution in [0.3, 0.4) is 0 Å². The average molecular weight is 296 g/mol. The summed E-state index contributed by atoms with van der Waals surface area (Å²) in [6.07, 6.45) is 0. The zero-order valence-electron chi connectivity index (χ0n) is 11.0. The van der Waals surface area contributed by atoms with E-state index in [4.69, 9.17) is 10.3 Å². The molecule has 108 valence electrons. The maximum Gasteiger partial charge on any atom is 0.223 e. The van der Waals surface area contributed by atoms with Crippen molar-refractivity contribution in [3.63, 3.8) is 0 Å². The predicted octanol–water partition coefficient (Wildman–Crippen LogP) is 0.456. The third kappa shape index (κ3) is 4.12. The molecule has 0 saturated carbocycles. The average Bonchev–Trinajstić information content (AvgIpc) is 2.83. The summed E-state index contributed by atoms with van der Waals surface area (Å²) < 4.78 is 31.0. The lowest BCUT2D eigenvalue weighted by molar-refractivity contribution is 0.387. The Morgan fingerprint density at radius 1 is 1.25 bits per heavy atom. The maximum atomic E-state index is 11.9. The van der Waals surface area contributed by atoms with Crippen LogP contribution in [0.2, 0.25) is 0 Å². The van der Waals surface area contributed by atoms with E-state index < -0.39 is 10.0 Å². The van der Waals surface area contributed by atoms with E-state index in [1.807, 2.05) is 12.1 Å². The van der Waals surface area contributed by atoms with E-state index in [1.165, 1.54) is 0 Å². The molecule has 0 spiro atoms. The van der Waals surface area contributed by atoms with Gasteiger partial charge in [-0.25, -0.2) is 13.1 Å². The quantitative estimate of drug-likeness (QED) is 0.801. The monoisotopic (exact) mass is 296 g/mol. The Hall–Kier alpha value is -1.77. The maximum absolute atomic E-state index is 11.9. The van der Waals surface area contributed by atoms with E-state index in [-0.39, 0.29) is 12.3 Å². The molecule has 0 fully saturated rings. The van der Waals surface area contributed by atoms with Crippen LogP contribution in [0.25, 0.3) is 0 Å². The van der Waals surface area contributed by atoms with Crippen molar-refractivity contribution in [2.24, 2.45) is 5.73 Å². The third-order valence-corrected chi connectivity index (χ3v) is 3.93. The molecule has 0 bridgehead atoms. The summed E-state index contributed by atoms with van der Waals surface area (Å²) in [5.41, 5.74) is 7.14. The number of hydrogen-bond acceptors (Lipinski definition) is 6. The number of aromatic nitrogens is 2. The van der Waals surface area contributed by atoms with Crippen molar-refractivity contribution in [1.29, 1.82) is 0 Å². The lowest BCUT2D eigenvalue weighted by atomic mass is 10.1. The normalized spacial score (nSPS) is 11.7. The van der Waals surface area contributed by atoms with Gasteiger partial charge in [0.2, 0.25) is 15.9 Å². The molecule has 7 nitrogen and oxygen atoms in total. The summed E-state index contributed by atoms with van der Waals surface area (Å²) in [6, 6.07) is 7.13. The van der Waals surface area contributed by atoms with Crippen molar-refractivity contribution in [1.82, 2.24) is 14.9 Å². The van der Waals surface area contributed by atoms with Gasteiger partial charge in [-0.15, -0.1) is 0 Å². The molecule has 0 saturated heterocycles. The van der Waals surface area contributed by atoms with E-state index >= 15 is 0 Å². The molecule has 2 rings (SSSR count). The molecule has 0 atom stereocenters. The van der Waals surface area contributed by atoms with Crippen molar-refractivity contribution in [2.45, 2.75) is 25.8 Å². The molecular formula is C12H16N4O3S. The summed E-state index contributed by atoms with van der Waals surface area (Å²) in [5.74, 6) is 0.607. The molecule has 1 heterocycles. The Morgan fingerprint density at radius 2 is 1.90 bits per heavy atom. The SMILES string of the molecule is Cc1nc(CNS(=O)(=O)Cc2ccc(CN)cc2)no1. The minimum Gasteiger partial charge on any atom is -0.340 e. The highest BCUT2D eigenvalue weighted by Gasteiger charge is 2.13. The molecule has 0 aliphatic heterocycles. The van der Waals surface area contributed by atoms with Crippen LogP contribution in [0, 0.1) is 6.92 Å². The molecule has 20 heavy (non-hydrogen) atoms. The first-order valence-electron chi connectivity index (χ1n) is 6.03. The zero-order chi connectivity index (χ0) is 14.6. The van der Waals surface area contributed by atoms with Gasteiger partial charge in [0.25, 0.3) is 0 Å². The van der Waals surface area contributed by atoms with Gasteiger partial charge in [0.1, 0.15) is 0 Å². The highest BCUT2D eigenvalue weighted by molar-refractivity contribution is 7.88. The van der Waals surface area contributed by atoms with Crippen LogP contribution in [0.4, 0.5) is 0 Å². The summed E-state index contributed by atoms with van der Waals surface area (Å²) >= 11 is 0. The number of rotatable bonds is 6.